The van der Waals surface area contributed by atoms with Crippen molar-refractivity contribution in [2.24, 2.45) is 5.41 Å². The van der Waals surface area contributed by atoms with Gasteiger partial charge < -0.3 is 15.0 Å². The van der Waals surface area contributed by atoms with Gasteiger partial charge in [-0.3, -0.25) is 4.79 Å². The number of nitrogens with zero attached hydrogens (tertiary/aromatic N) is 1. The van der Waals surface area contributed by atoms with Gasteiger partial charge in [0.15, 0.2) is 0 Å². The number of amides is 1. The van der Waals surface area contributed by atoms with Gasteiger partial charge in [0.1, 0.15) is 0 Å². The maximum absolute atomic E-state index is 12.9. The Bertz CT molecular complexity index is 301. The second-order valence-electron chi connectivity index (χ2n) is 5.44. The van der Waals surface area contributed by atoms with Crippen molar-refractivity contribution >= 4 is 5.91 Å². The zero-order chi connectivity index (χ0) is 13.0. The molecule has 2 rings (SSSR count). The Kier molecular flexibility index (Phi) is 4.40. The molecule has 2 aliphatic rings. The van der Waals surface area contributed by atoms with Gasteiger partial charge in [-0.2, -0.15) is 0 Å². The van der Waals surface area contributed by atoms with E-state index in [1.165, 1.54) is 0 Å². The number of nitrogens with one attached hydrogen (secondary N) is 1. The Morgan fingerprint density at radius 3 is 2.67 bits per heavy atom. The van der Waals surface area contributed by atoms with Crippen LogP contribution in [0.5, 0.6) is 0 Å². The average molecular weight is 252 g/mol. The molecule has 4 heteroatoms. The molecule has 1 aliphatic carbocycles. The topological polar surface area (TPSA) is 41.6 Å². The molecule has 1 aliphatic heterocycles. The first-order valence-electron chi connectivity index (χ1n) is 6.85. The van der Waals surface area contributed by atoms with Gasteiger partial charge >= 0.3 is 0 Å². The highest BCUT2D eigenvalue weighted by molar-refractivity contribution is 5.84. The summed E-state index contributed by atoms with van der Waals surface area (Å²) in [5, 5.41) is 3.32. The van der Waals surface area contributed by atoms with E-state index < -0.39 is 0 Å². The standard InChI is InChI=1S/C14H24N2O2/c1-3-10-16(12-4-5-12)13(17)14(11-18-2)6-8-15-9-7-14/h3,12,15H,1,4-11H2,2H3. The number of carbonyl (C=O) groups is 1. The molecule has 1 N–H and O–H groups in total. The smallest absolute Gasteiger partial charge is 0.231 e. The van der Waals surface area contributed by atoms with Gasteiger partial charge in [0.05, 0.1) is 12.0 Å². The predicted octanol–water partition coefficient (Wildman–Crippen LogP) is 1.18. The van der Waals surface area contributed by atoms with Crippen molar-refractivity contribution in [2.75, 3.05) is 33.4 Å². The molecule has 1 heterocycles. The first kappa shape index (κ1) is 13.6. The summed E-state index contributed by atoms with van der Waals surface area (Å²) >= 11 is 0. The fourth-order valence-electron chi connectivity index (χ4n) is 2.83. The van der Waals surface area contributed by atoms with Crippen molar-refractivity contribution in [3.8, 4) is 0 Å². The summed E-state index contributed by atoms with van der Waals surface area (Å²) in [6.45, 7) is 6.78. The van der Waals surface area contributed by atoms with Crippen LogP contribution in [0.15, 0.2) is 12.7 Å². The molecule has 1 amide bonds. The van der Waals surface area contributed by atoms with Crippen LogP contribution in [0.1, 0.15) is 25.7 Å². The van der Waals surface area contributed by atoms with E-state index in [0.29, 0.717) is 19.2 Å². The molecule has 18 heavy (non-hydrogen) atoms. The highest BCUT2D eigenvalue weighted by atomic mass is 16.5. The van der Waals surface area contributed by atoms with Gasteiger partial charge in [-0.1, -0.05) is 6.08 Å². The molecule has 0 unspecified atom stereocenters. The minimum atomic E-state index is -0.314. The molecule has 4 nitrogen and oxygen atoms in total. The molecule has 1 saturated carbocycles. The molecule has 102 valence electrons. The largest absolute Gasteiger partial charge is 0.384 e. The average Bonchev–Trinajstić information content (AvgIpc) is 3.21. The second kappa shape index (κ2) is 5.85. The van der Waals surface area contributed by atoms with E-state index in [1.807, 2.05) is 11.0 Å². The summed E-state index contributed by atoms with van der Waals surface area (Å²) in [4.78, 5) is 14.9. The van der Waals surface area contributed by atoms with Gasteiger partial charge in [0.25, 0.3) is 0 Å². The molecule has 2 fully saturated rings. The molecule has 0 radical (unpaired) electrons. The van der Waals surface area contributed by atoms with E-state index in [9.17, 15) is 4.79 Å². The Morgan fingerprint density at radius 2 is 2.17 bits per heavy atom. The number of piperidine rings is 1. The highest BCUT2D eigenvalue weighted by Gasteiger charge is 2.45. The number of carbonyl (C=O) groups excluding carboxylic acids is 1. The Morgan fingerprint density at radius 1 is 1.50 bits per heavy atom. The fourth-order valence-corrected chi connectivity index (χ4v) is 2.83. The van der Waals surface area contributed by atoms with Gasteiger partial charge in [-0.15, -0.1) is 6.58 Å². The Hall–Kier alpha value is -0.870. The third kappa shape index (κ3) is 2.75. The number of methoxy groups -OCH3 is 1. The molecule has 0 bridgehead atoms. The van der Waals surface area contributed by atoms with Crippen LogP contribution in [0.25, 0.3) is 0 Å². The van der Waals surface area contributed by atoms with Crippen LogP contribution in [0.2, 0.25) is 0 Å². The van der Waals surface area contributed by atoms with E-state index in [4.69, 9.17) is 4.74 Å². The summed E-state index contributed by atoms with van der Waals surface area (Å²) in [7, 11) is 1.69. The summed E-state index contributed by atoms with van der Waals surface area (Å²) in [5.74, 6) is 0.272. The molecule has 0 atom stereocenters. The van der Waals surface area contributed by atoms with E-state index in [-0.39, 0.29) is 11.3 Å². The van der Waals surface area contributed by atoms with Crippen LogP contribution >= 0.6 is 0 Å². The van der Waals surface area contributed by atoms with Crippen LogP contribution in [0.3, 0.4) is 0 Å². The first-order valence-corrected chi connectivity index (χ1v) is 6.85. The van der Waals surface area contributed by atoms with Crippen molar-refractivity contribution in [1.29, 1.82) is 0 Å². The van der Waals surface area contributed by atoms with E-state index in [2.05, 4.69) is 11.9 Å². The summed E-state index contributed by atoms with van der Waals surface area (Å²) in [6, 6.07) is 0.444. The maximum atomic E-state index is 12.9. The lowest BCUT2D eigenvalue weighted by Gasteiger charge is -2.39. The van der Waals surface area contributed by atoms with E-state index >= 15 is 0 Å². The number of hydrogen-bond donors (Lipinski definition) is 1. The second-order valence-corrected chi connectivity index (χ2v) is 5.44. The lowest BCUT2D eigenvalue weighted by Crippen LogP contribution is -2.52. The van der Waals surface area contributed by atoms with Gasteiger partial charge in [-0.05, 0) is 38.8 Å². The minimum absolute atomic E-state index is 0.272. The van der Waals surface area contributed by atoms with Crippen LogP contribution in [-0.4, -0.2) is 50.2 Å². The zero-order valence-electron chi connectivity index (χ0n) is 11.3. The van der Waals surface area contributed by atoms with E-state index in [0.717, 1.165) is 38.8 Å². The normalized spacial score (nSPS) is 22.5. The monoisotopic (exact) mass is 252 g/mol. The number of ether oxygens (including phenoxy) is 1. The zero-order valence-corrected chi connectivity index (χ0v) is 11.3. The molecule has 0 aromatic rings. The lowest BCUT2D eigenvalue weighted by atomic mass is 9.78. The van der Waals surface area contributed by atoms with Crippen LogP contribution in [-0.2, 0) is 9.53 Å². The molecule has 0 spiro atoms. The molecular weight excluding hydrogens is 228 g/mol. The van der Waals surface area contributed by atoms with Crippen LogP contribution < -0.4 is 5.32 Å². The van der Waals surface area contributed by atoms with Crippen molar-refractivity contribution in [3.05, 3.63) is 12.7 Å². The summed E-state index contributed by atoms with van der Waals surface area (Å²) < 4.78 is 5.33. The van der Waals surface area contributed by atoms with Crippen molar-refractivity contribution in [2.45, 2.75) is 31.7 Å². The molecular formula is C14H24N2O2. The first-order chi connectivity index (χ1) is 8.73. The Labute approximate surface area is 109 Å². The van der Waals surface area contributed by atoms with E-state index in [1.54, 1.807) is 7.11 Å². The highest BCUT2D eigenvalue weighted by Crippen LogP contribution is 2.36. The number of rotatable bonds is 6. The number of hydrogen-bond acceptors (Lipinski definition) is 3. The molecule has 0 aromatic heterocycles. The van der Waals surface area contributed by atoms with Crippen LogP contribution in [0, 0.1) is 5.41 Å². The van der Waals surface area contributed by atoms with Gasteiger partial charge in [0, 0.05) is 19.7 Å². The summed E-state index contributed by atoms with van der Waals surface area (Å²) in [5.41, 5.74) is -0.314. The lowest BCUT2D eigenvalue weighted by molar-refractivity contribution is -0.147. The van der Waals surface area contributed by atoms with Crippen LogP contribution in [0.4, 0.5) is 0 Å². The van der Waals surface area contributed by atoms with Crippen molar-refractivity contribution in [1.82, 2.24) is 10.2 Å². The van der Waals surface area contributed by atoms with Gasteiger partial charge in [0.2, 0.25) is 5.91 Å². The molecule has 1 saturated heterocycles. The SMILES string of the molecule is C=CCN(C(=O)C1(COC)CCNCC1)C1CC1. The predicted molar refractivity (Wildman–Crippen MR) is 71.3 cm³/mol. The fraction of sp³-hybridized carbons (Fsp3) is 0.786. The minimum Gasteiger partial charge on any atom is -0.384 e. The molecule has 0 aromatic carbocycles. The van der Waals surface area contributed by atoms with Crippen molar-refractivity contribution < 1.29 is 9.53 Å². The Balaban J connectivity index is 2.12. The maximum Gasteiger partial charge on any atom is 0.231 e. The third-order valence-electron chi connectivity index (χ3n) is 4.01. The van der Waals surface area contributed by atoms with Gasteiger partial charge in [-0.25, -0.2) is 0 Å². The summed E-state index contributed by atoms with van der Waals surface area (Å²) in [6.07, 6.45) is 5.86. The quantitative estimate of drug-likeness (QED) is 0.722. The van der Waals surface area contributed by atoms with Crippen molar-refractivity contribution in [3.63, 3.8) is 0 Å². The third-order valence-corrected chi connectivity index (χ3v) is 4.01.